The van der Waals surface area contributed by atoms with Crippen LogP contribution in [-0.2, 0) is 22.7 Å². The molecule has 7 heteroatoms. The van der Waals surface area contributed by atoms with Gasteiger partial charge in [-0.25, -0.2) is 9.59 Å². The number of rotatable bonds is 6. The number of carbonyl (C=O) groups excluding carboxylic acids is 2. The fourth-order valence-electron chi connectivity index (χ4n) is 3.27. The molecular formula is C22H26N2O5. The Bertz CT molecular complexity index is 784. The maximum absolute atomic E-state index is 12.5. The lowest BCUT2D eigenvalue weighted by atomic mass is 10.1. The Labute approximate surface area is 170 Å². The third-order valence-corrected chi connectivity index (χ3v) is 4.85. The van der Waals surface area contributed by atoms with Crippen LogP contribution < -0.4 is 0 Å². The predicted molar refractivity (Wildman–Crippen MR) is 107 cm³/mol. The van der Waals surface area contributed by atoms with Crippen molar-refractivity contribution in [2.24, 2.45) is 0 Å². The molecule has 1 heterocycles. The molecule has 0 saturated carbocycles. The lowest BCUT2D eigenvalue weighted by molar-refractivity contribution is 0.0264. The highest BCUT2D eigenvalue weighted by Crippen LogP contribution is 2.16. The van der Waals surface area contributed by atoms with E-state index in [0.29, 0.717) is 26.1 Å². The number of aliphatic hydroxyl groups is 1. The van der Waals surface area contributed by atoms with E-state index in [4.69, 9.17) is 9.47 Å². The molecular weight excluding hydrogens is 372 g/mol. The number of benzene rings is 2. The summed E-state index contributed by atoms with van der Waals surface area (Å²) in [5.74, 6) is 0. The van der Waals surface area contributed by atoms with Crippen LogP contribution in [0.2, 0.25) is 0 Å². The zero-order valence-electron chi connectivity index (χ0n) is 16.3. The van der Waals surface area contributed by atoms with Gasteiger partial charge in [0.15, 0.2) is 0 Å². The number of ether oxygens (including phenoxy) is 2. The van der Waals surface area contributed by atoms with Gasteiger partial charge in [0.1, 0.15) is 13.2 Å². The number of piperazine rings is 1. The van der Waals surface area contributed by atoms with Crippen molar-refractivity contribution in [3.63, 3.8) is 0 Å². The summed E-state index contributed by atoms with van der Waals surface area (Å²) >= 11 is 0. The largest absolute Gasteiger partial charge is 0.445 e. The van der Waals surface area contributed by atoms with Crippen LogP contribution in [-0.4, -0.2) is 59.4 Å². The Morgan fingerprint density at radius 3 is 1.97 bits per heavy atom. The second-order valence-electron chi connectivity index (χ2n) is 6.89. The van der Waals surface area contributed by atoms with Gasteiger partial charge in [0.05, 0.1) is 6.04 Å². The van der Waals surface area contributed by atoms with Crippen molar-refractivity contribution < 1.29 is 24.2 Å². The lowest BCUT2D eigenvalue weighted by Gasteiger charge is -2.40. The molecule has 1 atom stereocenters. The van der Waals surface area contributed by atoms with Crippen LogP contribution in [0.5, 0.6) is 0 Å². The van der Waals surface area contributed by atoms with Gasteiger partial charge in [-0.05, 0) is 17.5 Å². The number of nitrogens with zero attached hydrogens (tertiary/aromatic N) is 2. The molecule has 1 aliphatic rings. The predicted octanol–water partition coefficient (Wildman–Crippen LogP) is 3.03. The summed E-state index contributed by atoms with van der Waals surface area (Å²) in [4.78, 5) is 28.1. The normalized spacial score (nSPS) is 16.4. The van der Waals surface area contributed by atoms with Crippen molar-refractivity contribution in [3.8, 4) is 0 Å². The molecule has 1 saturated heterocycles. The average molecular weight is 398 g/mol. The lowest BCUT2D eigenvalue weighted by Crippen LogP contribution is -2.57. The Kier molecular flexibility index (Phi) is 7.47. The van der Waals surface area contributed by atoms with E-state index in [1.165, 1.54) is 0 Å². The Morgan fingerprint density at radius 2 is 1.41 bits per heavy atom. The molecule has 1 unspecified atom stereocenters. The Morgan fingerprint density at radius 1 is 0.862 bits per heavy atom. The van der Waals surface area contributed by atoms with E-state index in [0.717, 1.165) is 11.1 Å². The monoisotopic (exact) mass is 398 g/mol. The fourth-order valence-corrected chi connectivity index (χ4v) is 3.27. The number of carbonyl (C=O) groups is 2. The molecule has 1 aliphatic heterocycles. The highest BCUT2D eigenvalue weighted by atomic mass is 16.6. The Hall–Kier alpha value is -3.06. The second kappa shape index (κ2) is 10.5. The van der Waals surface area contributed by atoms with Gasteiger partial charge in [-0.3, -0.25) is 0 Å². The van der Waals surface area contributed by atoms with Crippen molar-refractivity contribution in [1.82, 2.24) is 9.80 Å². The van der Waals surface area contributed by atoms with Crippen LogP contribution in [0, 0.1) is 0 Å². The molecule has 0 aromatic heterocycles. The first-order valence-corrected chi connectivity index (χ1v) is 9.71. The summed E-state index contributed by atoms with van der Waals surface area (Å²) in [5, 5.41) is 9.39. The van der Waals surface area contributed by atoms with Gasteiger partial charge in [0.2, 0.25) is 0 Å². The van der Waals surface area contributed by atoms with Crippen LogP contribution >= 0.6 is 0 Å². The second-order valence-corrected chi connectivity index (χ2v) is 6.89. The maximum atomic E-state index is 12.5. The maximum Gasteiger partial charge on any atom is 0.410 e. The van der Waals surface area contributed by atoms with Gasteiger partial charge in [0.25, 0.3) is 0 Å². The molecule has 154 valence electrons. The van der Waals surface area contributed by atoms with Crippen molar-refractivity contribution in [2.75, 3.05) is 26.2 Å². The van der Waals surface area contributed by atoms with Gasteiger partial charge in [-0.2, -0.15) is 0 Å². The number of hydrogen-bond acceptors (Lipinski definition) is 5. The average Bonchev–Trinajstić information content (AvgIpc) is 2.77. The van der Waals surface area contributed by atoms with Crippen molar-refractivity contribution in [3.05, 3.63) is 71.8 Å². The van der Waals surface area contributed by atoms with E-state index in [1.54, 1.807) is 9.80 Å². The molecule has 0 bridgehead atoms. The first kappa shape index (κ1) is 20.7. The number of aliphatic hydroxyl groups excluding tert-OH is 1. The van der Waals surface area contributed by atoms with Gasteiger partial charge in [-0.15, -0.1) is 0 Å². The highest BCUT2D eigenvalue weighted by molar-refractivity contribution is 5.70. The van der Waals surface area contributed by atoms with Gasteiger partial charge in [0, 0.05) is 26.2 Å². The van der Waals surface area contributed by atoms with Crippen molar-refractivity contribution in [2.45, 2.75) is 25.7 Å². The molecule has 29 heavy (non-hydrogen) atoms. The molecule has 2 aromatic rings. The third kappa shape index (κ3) is 5.96. The molecule has 0 radical (unpaired) electrons. The molecule has 2 aromatic carbocycles. The molecule has 1 N–H and O–H groups in total. The molecule has 2 amide bonds. The van der Waals surface area contributed by atoms with E-state index >= 15 is 0 Å². The first-order chi connectivity index (χ1) is 14.2. The molecule has 1 fully saturated rings. The minimum atomic E-state index is -0.440. The summed E-state index contributed by atoms with van der Waals surface area (Å²) in [6.07, 6.45) is -0.498. The van der Waals surface area contributed by atoms with E-state index in [1.807, 2.05) is 60.7 Å². The fraction of sp³-hybridized carbons (Fsp3) is 0.364. The topological polar surface area (TPSA) is 79.3 Å². The SMILES string of the molecule is O=C(OCc1ccccc1)N1CCN(C(=O)OCc2ccccc2)C(CCO)C1. The smallest absolute Gasteiger partial charge is 0.410 e. The van der Waals surface area contributed by atoms with Crippen molar-refractivity contribution in [1.29, 1.82) is 0 Å². The van der Waals surface area contributed by atoms with E-state index in [2.05, 4.69) is 0 Å². The van der Waals surface area contributed by atoms with Gasteiger partial charge >= 0.3 is 12.2 Å². The van der Waals surface area contributed by atoms with Crippen LogP contribution in [0.15, 0.2) is 60.7 Å². The highest BCUT2D eigenvalue weighted by Gasteiger charge is 2.33. The summed E-state index contributed by atoms with van der Waals surface area (Å²) in [5.41, 5.74) is 1.82. The molecule has 0 aliphatic carbocycles. The van der Waals surface area contributed by atoms with Crippen LogP contribution in [0.1, 0.15) is 17.5 Å². The van der Waals surface area contributed by atoms with Gasteiger partial charge < -0.3 is 24.4 Å². The number of amides is 2. The first-order valence-electron chi connectivity index (χ1n) is 9.71. The Balaban J connectivity index is 1.52. The summed E-state index contributed by atoms with van der Waals surface area (Å²) in [7, 11) is 0. The van der Waals surface area contributed by atoms with Gasteiger partial charge in [-0.1, -0.05) is 60.7 Å². The summed E-state index contributed by atoms with van der Waals surface area (Å²) < 4.78 is 10.8. The minimum absolute atomic E-state index is 0.0833. The van der Waals surface area contributed by atoms with E-state index < -0.39 is 12.2 Å². The minimum Gasteiger partial charge on any atom is -0.445 e. The zero-order chi connectivity index (χ0) is 20.5. The molecule has 7 nitrogen and oxygen atoms in total. The summed E-state index contributed by atoms with van der Waals surface area (Å²) in [6.45, 7) is 1.29. The van der Waals surface area contributed by atoms with Crippen LogP contribution in [0.4, 0.5) is 9.59 Å². The summed E-state index contributed by atoms with van der Waals surface area (Å²) in [6, 6.07) is 18.6. The molecule has 0 spiro atoms. The quantitative estimate of drug-likeness (QED) is 0.809. The zero-order valence-corrected chi connectivity index (χ0v) is 16.3. The van der Waals surface area contributed by atoms with Crippen LogP contribution in [0.3, 0.4) is 0 Å². The van der Waals surface area contributed by atoms with E-state index in [9.17, 15) is 14.7 Å². The van der Waals surface area contributed by atoms with E-state index in [-0.39, 0.29) is 25.9 Å². The molecule has 3 rings (SSSR count). The standard InChI is InChI=1S/C22H26N2O5/c25-14-11-20-15-23(21(26)28-16-18-7-3-1-4-8-18)12-13-24(20)22(27)29-17-19-9-5-2-6-10-19/h1-10,20,25H,11-17H2. The third-order valence-electron chi connectivity index (χ3n) is 4.85. The number of hydrogen-bond donors (Lipinski definition) is 1. The van der Waals surface area contributed by atoms with Crippen LogP contribution in [0.25, 0.3) is 0 Å². The van der Waals surface area contributed by atoms with Crippen molar-refractivity contribution >= 4 is 12.2 Å².